The third kappa shape index (κ3) is 4.52. The molecule has 0 saturated carbocycles. The van der Waals surface area contributed by atoms with E-state index in [2.05, 4.69) is 38.1 Å². The van der Waals surface area contributed by atoms with E-state index >= 15 is 0 Å². The zero-order valence-electron chi connectivity index (χ0n) is 18.9. The van der Waals surface area contributed by atoms with Crippen LogP contribution in [0.15, 0.2) is 90.5 Å². The van der Waals surface area contributed by atoms with Gasteiger partial charge in [0.15, 0.2) is 0 Å². The fourth-order valence-electron chi connectivity index (χ4n) is 3.89. The molecule has 1 aliphatic rings. The van der Waals surface area contributed by atoms with E-state index in [-0.39, 0.29) is 5.91 Å². The van der Waals surface area contributed by atoms with Crippen LogP contribution in [0.4, 0.5) is 5.69 Å². The Hall–Kier alpha value is -3.59. The predicted octanol–water partition coefficient (Wildman–Crippen LogP) is 7.07. The first-order valence-corrected chi connectivity index (χ1v) is 11.3. The predicted molar refractivity (Wildman–Crippen MR) is 133 cm³/mol. The number of nitrogens with zero attached hydrogens (tertiary/aromatic N) is 1. The molecule has 0 aliphatic carbocycles. The minimum absolute atomic E-state index is 0.0194. The molecule has 1 atom stereocenters. The molecule has 3 aromatic rings. The number of ether oxygens (including phenoxy) is 1. The molecular weight excluding hydrogens is 394 g/mol. The van der Waals surface area contributed by atoms with E-state index in [0.29, 0.717) is 18.1 Å². The van der Waals surface area contributed by atoms with E-state index in [1.807, 2.05) is 78.6 Å². The van der Waals surface area contributed by atoms with Crippen molar-refractivity contribution in [2.24, 2.45) is 0 Å². The van der Waals surface area contributed by atoms with E-state index in [9.17, 15) is 4.79 Å². The van der Waals surface area contributed by atoms with Crippen molar-refractivity contribution in [1.29, 1.82) is 0 Å². The number of benzene rings is 3. The maximum absolute atomic E-state index is 13.5. The van der Waals surface area contributed by atoms with Crippen molar-refractivity contribution in [2.45, 2.75) is 33.1 Å². The third-order valence-electron chi connectivity index (χ3n) is 5.90. The molecule has 1 aliphatic heterocycles. The van der Waals surface area contributed by atoms with Gasteiger partial charge in [0.05, 0.1) is 12.3 Å². The van der Waals surface area contributed by atoms with Gasteiger partial charge in [0.1, 0.15) is 5.75 Å². The molecule has 3 nitrogen and oxygen atoms in total. The molecule has 0 saturated heterocycles. The lowest BCUT2D eigenvalue weighted by Crippen LogP contribution is -2.24. The summed E-state index contributed by atoms with van der Waals surface area (Å²) in [6.45, 7) is 7.01. The first-order valence-electron chi connectivity index (χ1n) is 11.3. The summed E-state index contributed by atoms with van der Waals surface area (Å²) in [5, 5.41) is 0. The Morgan fingerprint density at radius 3 is 2.22 bits per heavy atom. The number of hydrogen-bond donors (Lipinski definition) is 0. The third-order valence-corrected chi connectivity index (χ3v) is 5.90. The number of rotatable bonds is 7. The summed E-state index contributed by atoms with van der Waals surface area (Å²) in [4.78, 5) is 15.3. The van der Waals surface area contributed by atoms with E-state index in [1.54, 1.807) is 0 Å². The summed E-state index contributed by atoms with van der Waals surface area (Å²) in [7, 11) is 0. The van der Waals surface area contributed by atoms with Gasteiger partial charge in [-0.3, -0.25) is 9.69 Å². The minimum atomic E-state index is -0.0194. The molecule has 0 N–H and O–H groups in total. The lowest BCUT2D eigenvalue weighted by molar-refractivity contribution is -0.113. The summed E-state index contributed by atoms with van der Waals surface area (Å²) >= 11 is 0. The highest BCUT2D eigenvalue weighted by Gasteiger charge is 2.30. The molecule has 0 bridgehead atoms. The van der Waals surface area contributed by atoms with Gasteiger partial charge in [0.25, 0.3) is 5.91 Å². The Kier molecular flexibility index (Phi) is 6.55. The van der Waals surface area contributed by atoms with E-state index in [4.69, 9.17) is 4.74 Å². The lowest BCUT2D eigenvalue weighted by Gasteiger charge is -2.21. The van der Waals surface area contributed by atoms with Crippen LogP contribution in [-0.4, -0.2) is 12.5 Å². The summed E-state index contributed by atoms with van der Waals surface area (Å²) in [5.41, 5.74) is 5.71. The van der Waals surface area contributed by atoms with E-state index in [0.717, 1.165) is 34.7 Å². The second kappa shape index (κ2) is 9.69. The zero-order valence-corrected chi connectivity index (χ0v) is 18.9. The average Bonchev–Trinajstić information content (AvgIpc) is 3.16. The molecule has 1 heterocycles. The SMILES string of the molecule is CCOc1ccc(/C=C2\C=C(c3ccccc3)N(c3ccc([C@@H](C)CC)cc3)C2=O)cc1. The van der Waals surface area contributed by atoms with Crippen LogP contribution in [-0.2, 0) is 4.79 Å². The number of carbonyl (C=O) groups is 1. The summed E-state index contributed by atoms with van der Waals surface area (Å²) in [5.74, 6) is 1.31. The second-order valence-electron chi connectivity index (χ2n) is 8.04. The molecule has 162 valence electrons. The first-order chi connectivity index (χ1) is 15.6. The van der Waals surface area contributed by atoms with Gasteiger partial charge >= 0.3 is 0 Å². The molecule has 0 aromatic heterocycles. The van der Waals surface area contributed by atoms with Gasteiger partial charge in [-0.2, -0.15) is 0 Å². The zero-order chi connectivity index (χ0) is 22.5. The molecule has 0 spiro atoms. The maximum atomic E-state index is 13.5. The minimum Gasteiger partial charge on any atom is -0.494 e. The fourth-order valence-corrected chi connectivity index (χ4v) is 3.89. The molecule has 3 aromatic carbocycles. The topological polar surface area (TPSA) is 29.5 Å². The average molecular weight is 424 g/mol. The van der Waals surface area contributed by atoms with Crippen molar-refractivity contribution >= 4 is 23.4 Å². The summed E-state index contributed by atoms with van der Waals surface area (Å²) in [6, 6.07) is 26.3. The highest BCUT2D eigenvalue weighted by molar-refractivity contribution is 6.23. The van der Waals surface area contributed by atoms with Crippen molar-refractivity contribution in [3.63, 3.8) is 0 Å². The highest BCUT2D eigenvalue weighted by atomic mass is 16.5. The summed E-state index contributed by atoms with van der Waals surface area (Å²) in [6.07, 6.45) is 5.01. The smallest absolute Gasteiger partial charge is 0.262 e. The van der Waals surface area contributed by atoms with Crippen molar-refractivity contribution in [2.75, 3.05) is 11.5 Å². The maximum Gasteiger partial charge on any atom is 0.262 e. The van der Waals surface area contributed by atoms with E-state index in [1.165, 1.54) is 5.56 Å². The van der Waals surface area contributed by atoms with Crippen LogP contribution < -0.4 is 9.64 Å². The van der Waals surface area contributed by atoms with Gasteiger partial charge in [-0.1, -0.05) is 68.4 Å². The largest absolute Gasteiger partial charge is 0.494 e. The number of amides is 1. The van der Waals surface area contributed by atoms with Crippen LogP contribution in [0.3, 0.4) is 0 Å². The molecule has 4 rings (SSSR count). The van der Waals surface area contributed by atoms with Crippen LogP contribution >= 0.6 is 0 Å². The number of anilines is 1. The fraction of sp³-hybridized carbons (Fsp3) is 0.207. The Bertz CT molecular complexity index is 1130. The van der Waals surface area contributed by atoms with Crippen LogP contribution in [0.5, 0.6) is 5.75 Å². The van der Waals surface area contributed by atoms with Gasteiger partial charge < -0.3 is 4.74 Å². The Morgan fingerprint density at radius 2 is 1.59 bits per heavy atom. The van der Waals surface area contributed by atoms with Gasteiger partial charge in [0.2, 0.25) is 0 Å². The first kappa shape index (κ1) is 21.6. The normalized spacial score (nSPS) is 15.7. The number of carbonyl (C=O) groups excluding carboxylic acids is 1. The molecule has 0 fully saturated rings. The molecule has 3 heteroatoms. The van der Waals surface area contributed by atoms with Crippen LogP contribution in [0.1, 0.15) is 49.8 Å². The second-order valence-corrected chi connectivity index (χ2v) is 8.04. The summed E-state index contributed by atoms with van der Waals surface area (Å²) < 4.78 is 5.53. The molecule has 0 unspecified atom stereocenters. The Morgan fingerprint density at radius 1 is 0.906 bits per heavy atom. The quantitative estimate of drug-likeness (QED) is 0.380. The van der Waals surface area contributed by atoms with E-state index < -0.39 is 0 Å². The molecule has 1 amide bonds. The van der Waals surface area contributed by atoms with Gasteiger partial charge in [0, 0.05) is 11.3 Å². The lowest BCUT2D eigenvalue weighted by atomic mass is 9.98. The van der Waals surface area contributed by atoms with Crippen molar-refractivity contribution in [3.8, 4) is 5.75 Å². The van der Waals surface area contributed by atoms with Crippen LogP contribution in [0, 0.1) is 0 Å². The van der Waals surface area contributed by atoms with Crippen molar-refractivity contribution in [3.05, 3.63) is 107 Å². The van der Waals surface area contributed by atoms with Crippen LogP contribution in [0.2, 0.25) is 0 Å². The standard InChI is InChI=1S/C29H29NO2/c1-4-21(3)23-13-15-26(16-14-23)30-28(24-9-7-6-8-10-24)20-25(29(30)31)19-22-11-17-27(18-12-22)32-5-2/h6-21H,4-5H2,1-3H3/b25-19+/t21-/m0/s1. The van der Waals surface area contributed by atoms with Gasteiger partial charge in [-0.15, -0.1) is 0 Å². The molecule has 32 heavy (non-hydrogen) atoms. The van der Waals surface area contributed by atoms with Crippen molar-refractivity contribution in [1.82, 2.24) is 0 Å². The molecule has 0 radical (unpaired) electrons. The Labute approximate surface area is 190 Å². The monoisotopic (exact) mass is 423 g/mol. The van der Waals surface area contributed by atoms with Gasteiger partial charge in [-0.05, 0) is 72.4 Å². The van der Waals surface area contributed by atoms with Gasteiger partial charge in [-0.25, -0.2) is 0 Å². The molecular formula is C29H29NO2. The van der Waals surface area contributed by atoms with Crippen molar-refractivity contribution < 1.29 is 9.53 Å². The van der Waals surface area contributed by atoms with Crippen LogP contribution in [0.25, 0.3) is 11.8 Å². The number of hydrogen-bond acceptors (Lipinski definition) is 2. The Balaban J connectivity index is 1.71. The highest BCUT2D eigenvalue weighted by Crippen LogP contribution is 2.36.